The van der Waals surface area contributed by atoms with Crippen LogP contribution in [0.3, 0.4) is 0 Å². The third-order valence-corrected chi connectivity index (χ3v) is 2.88. The molecule has 21 heavy (non-hydrogen) atoms. The van der Waals surface area contributed by atoms with Crippen molar-refractivity contribution >= 4 is 5.91 Å². The molecule has 0 bridgehead atoms. The van der Waals surface area contributed by atoms with Gasteiger partial charge in [-0.15, -0.1) is 0 Å². The van der Waals surface area contributed by atoms with E-state index in [-0.39, 0.29) is 12.2 Å². The van der Waals surface area contributed by atoms with Crippen molar-refractivity contribution in [2.45, 2.75) is 20.0 Å². The summed E-state index contributed by atoms with van der Waals surface area (Å²) >= 11 is 0. The Bertz CT molecular complexity index is 693. The monoisotopic (exact) mass is 287 g/mol. The molecule has 1 aromatic heterocycles. The lowest BCUT2D eigenvalue weighted by atomic mass is 10.2. The van der Waals surface area contributed by atoms with Crippen molar-refractivity contribution < 1.29 is 9.90 Å². The van der Waals surface area contributed by atoms with Crippen LogP contribution in [-0.4, -0.2) is 33.4 Å². The first-order valence-corrected chi connectivity index (χ1v) is 6.61. The van der Waals surface area contributed by atoms with Crippen LogP contribution in [0, 0.1) is 6.92 Å². The molecular formula is C15H17N3O3. The van der Waals surface area contributed by atoms with Gasteiger partial charge in [0.25, 0.3) is 5.91 Å². The van der Waals surface area contributed by atoms with E-state index in [9.17, 15) is 14.7 Å². The van der Waals surface area contributed by atoms with Crippen LogP contribution >= 0.6 is 0 Å². The number of aliphatic hydroxyl groups is 1. The molecule has 1 aromatic carbocycles. The van der Waals surface area contributed by atoms with Crippen LogP contribution in [0.4, 0.5) is 0 Å². The molecule has 0 saturated heterocycles. The largest absolute Gasteiger partial charge is 0.392 e. The fourth-order valence-electron chi connectivity index (χ4n) is 1.86. The number of nitrogens with one attached hydrogen (secondary N) is 1. The molecule has 0 fully saturated rings. The molecule has 0 saturated carbocycles. The molecule has 1 atom stereocenters. The minimum Gasteiger partial charge on any atom is -0.392 e. The summed E-state index contributed by atoms with van der Waals surface area (Å²) in [4.78, 5) is 23.9. The molecule has 6 heteroatoms. The summed E-state index contributed by atoms with van der Waals surface area (Å²) in [5, 5.41) is 15.8. The number of nitrogens with zero attached hydrogens (tertiary/aromatic N) is 2. The lowest BCUT2D eigenvalue weighted by Gasteiger charge is -2.11. The van der Waals surface area contributed by atoms with E-state index in [1.807, 2.05) is 30.3 Å². The minimum absolute atomic E-state index is 0.0686. The Balaban J connectivity index is 2.40. The summed E-state index contributed by atoms with van der Waals surface area (Å²) in [7, 11) is 0. The minimum atomic E-state index is -0.684. The number of hydrogen-bond donors (Lipinski definition) is 2. The van der Waals surface area contributed by atoms with E-state index in [0.29, 0.717) is 5.69 Å². The van der Waals surface area contributed by atoms with E-state index in [1.54, 1.807) is 18.5 Å². The van der Waals surface area contributed by atoms with E-state index in [1.165, 1.54) is 6.07 Å². The van der Waals surface area contributed by atoms with E-state index in [0.717, 1.165) is 5.69 Å². The molecule has 2 rings (SSSR count). The van der Waals surface area contributed by atoms with Crippen molar-refractivity contribution in [2.75, 3.05) is 6.54 Å². The first-order chi connectivity index (χ1) is 9.99. The van der Waals surface area contributed by atoms with E-state index < -0.39 is 17.4 Å². The fraction of sp³-hybridized carbons (Fsp3) is 0.267. The van der Waals surface area contributed by atoms with Crippen molar-refractivity contribution in [1.29, 1.82) is 0 Å². The van der Waals surface area contributed by atoms with Gasteiger partial charge in [0.05, 0.1) is 11.8 Å². The van der Waals surface area contributed by atoms with Gasteiger partial charge in [0.15, 0.2) is 5.69 Å². The highest BCUT2D eigenvalue weighted by molar-refractivity contribution is 5.92. The smallest absolute Gasteiger partial charge is 0.275 e. The number of amides is 1. The first kappa shape index (κ1) is 14.9. The van der Waals surface area contributed by atoms with E-state index >= 15 is 0 Å². The normalized spacial score (nSPS) is 12.0. The standard InChI is InChI=1S/C15H17N3O3/c1-10-8-13(20)14(15(21)16-9-11(2)19)17-18(10)12-6-4-3-5-7-12/h3-8,11,19H,9H2,1-2H3,(H,16,21)/t11-/m1/s1. The van der Waals surface area contributed by atoms with Crippen LogP contribution in [0.5, 0.6) is 0 Å². The predicted molar refractivity (Wildman–Crippen MR) is 78.6 cm³/mol. The van der Waals surface area contributed by atoms with Gasteiger partial charge >= 0.3 is 0 Å². The highest BCUT2D eigenvalue weighted by atomic mass is 16.3. The zero-order valence-corrected chi connectivity index (χ0v) is 11.9. The van der Waals surface area contributed by atoms with Gasteiger partial charge in [-0.1, -0.05) is 18.2 Å². The molecule has 2 N–H and O–H groups in total. The maximum Gasteiger partial charge on any atom is 0.275 e. The van der Waals surface area contributed by atoms with Crippen molar-refractivity contribution in [2.24, 2.45) is 0 Å². The van der Waals surface area contributed by atoms with Crippen LogP contribution in [0.1, 0.15) is 23.1 Å². The molecule has 6 nitrogen and oxygen atoms in total. The summed E-state index contributed by atoms with van der Waals surface area (Å²) < 4.78 is 1.54. The molecule has 0 spiro atoms. The van der Waals surface area contributed by atoms with Crippen LogP contribution in [0.2, 0.25) is 0 Å². The van der Waals surface area contributed by atoms with Gasteiger partial charge in [-0.05, 0) is 26.0 Å². The number of aliphatic hydroxyl groups excluding tert-OH is 1. The first-order valence-electron chi connectivity index (χ1n) is 6.61. The fourth-order valence-corrected chi connectivity index (χ4v) is 1.86. The number of carbonyl (C=O) groups is 1. The quantitative estimate of drug-likeness (QED) is 0.865. The zero-order chi connectivity index (χ0) is 15.4. The van der Waals surface area contributed by atoms with Gasteiger partial charge in [-0.2, -0.15) is 5.10 Å². The summed E-state index contributed by atoms with van der Waals surface area (Å²) in [6.07, 6.45) is -0.684. The van der Waals surface area contributed by atoms with Gasteiger partial charge in [-0.3, -0.25) is 9.59 Å². The van der Waals surface area contributed by atoms with Crippen molar-refractivity contribution in [1.82, 2.24) is 15.1 Å². The molecule has 0 radical (unpaired) electrons. The summed E-state index contributed by atoms with van der Waals surface area (Å²) in [5.74, 6) is -0.592. The number of benzene rings is 1. The van der Waals surface area contributed by atoms with Gasteiger partial charge in [0, 0.05) is 18.3 Å². The highest BCUT2D eigenvalue weighted by Gasteiger charge is 2.15. The van der Waals surface area contributed by atoms with Gasteiger partial charge < -0.3 is 10.4 Å². The summed E-state index contributed by atoms with van der Waals surface area (Å²) in [6, 6.07) is 10.6. The van der Waals surface area contributed by atoms with E-state index in [4.69, 9.17) is 0 Å². The Morgan fingerprint density at radius 1 is 1.38 bits per heavy atom. The van der Waals surface area contributed by atoms with Gasteiger partial charge in [-0.25, -0.2) is 4.68 Å². The Labute approximate surface area is 122 Å². The van der Waals surface area contributed by atoms with Crippen molar-refractivity contribution in [3.8, 4) is 5.69 Å². The molecular weight excluding hydrogens is 270 g/mol. The van der Waals surface area contributed by atoms with Crippen LogP contribution in [0.25, 0.3) is 5.69 Å². The summed E-state index contributed by atoms with van der Waals surface area (Å²) in [6.45, 7) is 3.36. The van der Waals surface area contributed by atoms with E-state index in [2.05, 4.69) is 10.4 Å². The molecule has 0 unspecified atom stereocenters. The second kappa shape index (κ2) is 6.32. The topological polar surface area (TPSA) is 84.2 Å². The maximum atomic E-state index is 12.0. The second-order valence-electron chi connectivity index (χ2n) is 4.80. The van der Waals surface area contributed by atoms with Crippen LogP contribution in [0.15, 0.2) is 41.2 Å². The van der Waals surface area contributed by atoms with Crippen molar-refractivity contribution in [3.05, 3.63) is 58.0 Å². The van der Waals surface area contributed by atoms with Crippen LogP contribution < -0.4 is 10.7 Å². The number of aryl methyl sites for hydroxylation is 1. The van der Waals surface area contributed by atoms with Crippen molar-refractivity contribution in [3.63, 3.8) is 0 Å². The molecule has 0 aliphatic rings. The Morgan fingerprint density at radius 3 is 2.67 bits per heavy atom. The maximum absolute atomic E-state index is 12.0. The SMILES string of the molecule is Cc1cc(=O)c(C(=O)NC[C@@H](C)O)nn1-c1ccccc1. The Hall–Kier alpha value is -2.47. The molecule has 110 valence electrons. The second-order valence-corrected chi connectivity index (χ2v) is 4.80. The molecule has 1 amide bonds. The van der Waals surface area contributed by atoms with Crippen LogP contribution in [-0.2, 0) is 0 Å². The van der Waals surface area contributed by atoms with Gasteiger partial charge in [0.1, 0.15) is 0 Å². The molecule has 0 aliphatic heterocycles. The number of rotatable bonds is 4. The molecule has 0 aliphatic carbocycles. The Morgan fingerprint density at radius 2 is 2.05 bits per heavy atom. The molecule has 1 heterocycles. The lowest BCUT2D eigenvalue weighted by Crippen LogP contribution is -2.35. The Kier molecular flexibility index (Phi) is 4.49. The third-order valence-electron chi connectivity index (χ3n) is 2.88. The number of para-hydroxylation sites is 1. The number of carbonyl (C=O) groups excluding carboxylic acids is 1. The highest BCUT2D eigenvalue weighted by Crippen LogP contribution is 2.07. The number of aromatic nitrogens is 2. The predicted octanol–water partition coefficient (Wildman–Crippen LogP) is 0.652. The summed E-state index contributed by atoms with van der Waals surface area (Å²) in [5.41, 5.74) is 0.769. The number of hydrogen-bond acceptors (Lipinski definition) is 4. The third kappa shape index (κ3) is 3.55. The average molecular weight is 287 g/mol. The zero-order valence-electron chi connectivity index (χ0n) is 11.9. The van der Waals surface area contributed by atoms with Gasteiger partial charge in [0.2, 0.25) is 5.43 Å². The average Bonchev–Trinajstić information content (AvgIpc) is 2.46. The lowest BCUT2D eigenvalue weighted by molar-refractivity contribution is 0.0916. The molecule has 2 aromatic rings.